The Kier molecular flexibility index (Phi) is 5.36. The smallest absolute Gasteiger partial charge is 0.157 e. The van der Waals surface area contributed by atoms with Crippen LogP contribution in [0.4, 0.5) is 0 Å². The number of para-hydroxylation sites is 1. The molecule has 2 aromatic rings. The van der Waals surface area contributed by atoms with E-state index in [4.69, 9.17) is 4.74 Å². The zero-order valence-electron chi connectivity index (χ0n) is 11.6. The fourth-order valence-corrected chi connectivity index (χ4v) is 3.44. The van der Waals surface area contributed by atoms with Gasteiger partial charge in [-0.1, -0.05) is 48.5 Å². The normalized spacial score (nSPS) is 12.8. The summed E-state index contributed by atoms with van der Waals surface area (Å²) in [5.74, 6) is 0.224. The largest absolute Gasteiger partial charge is 0.491 e. The van der Waals surface area contributed by atoms with Gasteiger partial charge in [0.1, 0.15) is 18.5 Å². The number of benzene rings is 2. The minimum atomic E-state index is -3.37. The molecule has 1 atom stereocenters. The van der Waals surface area contributed by atoms with Crippen LogP contribution in [0.5, 0.6) is 5.75 Å². The number of hydrogen-bond donors (Lipinski definition) is 1. The van der Waals surface area contributed by atoms with Crippen LogP contribution in [0.15, 0.2) is 60.7 Å². The minimum absolute atomic E-state index is 0.0436. The predicted octanol–water partition coefficient (Wildman–Crippen LogP) is 2.04. The van der Waals surface area contributed by atoms with E-state index in [9.17, 15) is 13.5 Å². The Labute approximate surface area is 124 Å². The molecule has 0 saturated heterocycles. The van der Waals surface area contributed by atoms with Crippen LogP contribution >= 0.6 is 0 Å². The molecule has 0 aliphatic heterocycles. The van der Waals surface area contributed by atoms with Gasteiger partial charge in [-0.2, -0.15) is 0 Å². The number of aliphatic hydroxyl groups excluding tert-OH is 1. The summed E-state index contributed by atoms with van der Waals surface area (Å²) in [6.07, 6.45) is -1.04. The quantitative estimate of drug-likeness (QED) is 0.850. The molecule has 0 heterocycles. The van der Waals surface area contributed by atoms with E-state index in [0.29, 0.717) is 11.3 Å². The molecule has 112 valence electrons. The van der Waals surface area contributed by atoms with Crippen LogP contribution < -0.4 is 4.74 Å². The second kappa shape index (κ2) is 7.24. The molecule has 0 bridgehead atoms. The Hall–Kier alpha value is -1.85. The van der Waals surface area contributed by atoms with Gasteiger partial charge in [0.05, 0.1) is 11.5 Å². The minimum Gasteiger partial charge on any atom is -0.491 e. The van der Waals surface area contributed by atoms with Crippen LogP contribution in [0.3, 0.4) is 0 Å². The monoisotopic (exact) mass is 306 g/mol. The molecule has 21 heavy (non-hydrogen) atoms. The highest BCUT2D eigenvalue weighted by atomic mass is 32.2. The Morgan fingerprint density at radius 1 is 0.952 bits per heavy atom. The zero-order valence-corrected chi connectivity index (χ0v) is 12.4. The van der Waals surface area contributed by atoms with Gasteiger partial charge in [-0.25, -0.2) is 8.42 Å². The van der Waals surface area contributed by atoms with E-state index in [0.717, 1.165) is 0 Å². The van der Waals surface area contributed by atoms with Gasteiger partial charge >= 0.3 is 0 Å². The average molecular weight is 306 g/mol. The summed E-state index contributed by atoms with van der Waals surface area (Å²) in [6.45, 7) is -0.0436. The first-order chi connectivity index (χ1) is 10.1. The highest BCUT2D eigenvalue weighted by Crippen LogP contribution is 2.11. The second-order valence-corrected chi connectivity index (χ2v) is 6.93. The number of hydrogen-bond acceptors (Lipinski definition) is 4. The van der Waals surface area contributed by atoms with Crippen molar-refractivity contribution in [3.05, 3.63) is 66.2 Å². The Balaban J connectivity index is 1.85. The highest BCUT2D eigenvalue weighted by molar-refractivity contribution is 7.90. The summed E-state index contributed by atoms with van der Waals surface area (Å²) in [7, 11) is -3.37. The third-order valence-electron chi connectivity index (χ3n) is 2.86. The zero-order chi connectivity index (χ0) is 15.1. The number of aliphatic hydroxyl groups is 1. The molecule has 2 aromatic carbocycles. The van der Waals surface area contributed by atoms with Crippen molar-refractivity contribution in [2.75, 3.05) is 12.4 Å². The molecule has 2 rings (SSSR count). The van der Waals surface area contributed by atoms with Crippen molar-refractivity contribution in [3.63, 3.8) is 0 Å². The van der Waals surface area contributed by atoms with Crippen molar-refractivity contribution in [2.45, 2.75) is 11.9 Å². The van der Waals surface area contributed by atoms with Crippen molar-refractivity contribution in [1.29, 1.82) is 0 Å². The van der Waals surface area contributed by atoms with E-state index in [1.54, 1.807) is 36.4 Å². The van der Waals surface area contributed by atoms with Gasteiger partial charge in [-0.3, -0.25) is 0 Å². The molecule has 0 saturated carbocycles. The van der Waals surface area contributed by atoms with Crippen molar-refractivity contribution < 1.29 is 18.3 Å². The number of sulfone groups is 1. The first-order valence-electron chi connectivity index (χ1n) is 6.65. The van der Waals surface area contributed by atoms with Gasteiger partial charge in [0.15, 0.2) is 9.84 Å². The molecule has 5 heteroatoms. The first kappa shape index (κ1) is 15.5. The van der Waals surface area contributed by atoms with Gasteiger partial charge in [0.25, 0.3) is 0 Å². The first-order valence-corrected chi connectivity index (χ1v) is 8.47. The van der Waals surface area contributed by atoms with Gasteiger partial charge in [-0.05, 0) is 17.7 Å². The molecule has 1 N–H and O–H groups in total. The van der Waals surface area contributed by atoms with Crippen LogP contribution in [0, 0.1) is 0 Å². The van der Waals surface area contributed by atoms with Gasteiger partial charge < -0.3 is 9.84 Å². The van der Waals surface area contributed by atoms with Gasteiger partial charge in [-0.15, -0.1) is 0 Å². The van der Waals surface area contributed by atoms with Crippen molar-refractivity contribution in [2.24, 2.45) is 0 Å². The van der Waals surface area contributed by atoms with E-state index >= 15 is 0 Å². The maximum absolute atomic E-state index is 12.0. The molecule has 0 spiro atoms. The summed E-state index contributed by atoms with van der Waals surface area (Å²) in [5, 5.41) is 9.82. The molecular weight excluding hydrogens is 288 g/mol. The standard InChI is InChI=1S/C16H18O4S/c17-15(11-20-16-9-5-2-6-10-16)13-21(18,19)12-14-7-3-1-4-8-14/h1-10,15,17H,11-13H2. The van der Waals surface area contributed by atoms with Gasteiger partial charge in [0.2, 0.25) is 0 Å². The van der Waals surface area contributed by atoms with Crippen molar-refractivity contribution in [3.8, 4) is 5.75 Å². The lowest BCUT2D eigenvalue weighted by Crippen LogP contribution is -2.27. The third kappa shape index (κ3) is 5.57. The van der Waals surface area contributed by atoms with Crippen LogP contribution in [0.25, 0.3) is 0 Å². The summed E-state index contributed by atoms with van der Waals surface area (Å²) >= 11 is 0. The fourth-order valence-electron chi connectivity index (χ4n) is 1.94. The SMILES string of the molecule is O=S(=O)(Cc1ccccc1)CC(O)COc1ccccc1. The van der Waals surface area contributed by atoms with Crippen LogP contribution in [0.1, 0.15) is 5.56 Å². The summed E-state index contributed by atoms with van der Waals surface area (Å²) in [6, 6.07) is 17.9. The summed E-state index contributed by atoms with van der Waals surface area (Å²) in [5.41, 5.74) is 0.716. The van der Waals surface area contributed by atoms with Gasteiger partial charge in [0, 0.05) is 0 Å². The lowest BCUT2D eigenvalue weighted by molar-refractivity contribution is 0.125. The Bertz CT molecular complexity index is 638. The van der Waals surface area contributed by atoms with Crippen LogP contribution in [-0.2, 0) is 15.6 Å². The lowest BCUT2D eigenvalue weighted by Gasteiger charge is -2.12. The molecule has 0 radical (unpaired) electrons. The molecule has 0 aromatic heterocycles. The van der Waals surface area contributed by atoms with Crippen molar-refractivity contribution in [1.82, 2.24) is 0 Å². The molecule has 0 aliphatic rings. The molecule has 4 nitrogen and oxygen atoms in total. The van der Waals surface area contributed by atoms with Crippen LogP contribution in [-0.4, -0.2) is 32.0 Å². The van der Waals surface area contributed by atoms with E-state index in [-0.39, 0.29) is 18.1 Å². The molecule has 0 amide bonds. The van der Waals surface area contributed by atoms with Crippen molar-refractivity contribution >= 4 is 9.84 Å². The number of ether oxygens (including phenoxy) is 1. The predicted molar refractivity (Wildman–Crippen MR) is 81.9 cm³/mol. The van der Waals surface area contributed by atoms with E-state index in [1.807, 2.05) is 24.3 Å². The second-order valence-electron chi connectivity index (χ2n) is 4.82. The molecule has 0 aliphatic carbocycles. The number of rotatable bonds is 7. The lowest BCUT2D eigenvalue weighted by atomic mass is 10.2. The summed E-state index contributed by atoms with van der Waals surface area (Å²) < 4.78 is 29.4. The summed E-state index contributed by atoms with van der Waals surface area (Å²) in [4.78, 5) is 0. The molecular formula is C16H18O4S. The highest BCUT2D eigenvalue weighted by Gasteiger charge is 2.18. The Morgan fingerprint density at radius 3 is 2.14 bits per heavy atom. The van der Waals surface area contributed by atoms with Crippen LogP contribution in [0.2, 0.25) is 0 Å². The van der Waals surface area contributed by atoms with E-state index < -0.39 is 15.9 Å². The average Bonchev–Trinajstić information content (AvgIpc) is 2.46. The fraction of sp³-hybridized carbons (Fsp3) is 0.250. The van der Waals surface area contributed by atoms with E-state index in [1.165, 1.54) is 0 Å². The molecule has 1 unspecified atom stereocenters. The third-order valence-corrected chi connectivity index (χ3v) is 4.53. The maximum Gasteiger partial charge on any atom is 0.157 e. The maximum atomic E-state index is 12.0. The topological polar surface area (TPSA) is 63.6 Å². The Morgan fingerprint density at radius 2 is 1.52 bits per heavy atom. The molecule has 0 fully saturated rings. The van der Waals surface area contributed by atoms with E-state index in [2.05, 4.69) is 0 Å².